The predicted octanol–water partition coefficient (Wildman–Crippen LogP) is 2.26. The van der Waals surface area contributed by atoms with Crippen molar-refractivity contribution in [1.29, 1.82) is 0 Å². The molecular weight excluding hydrogens is 215 g/mol. The average molecular weight is 231 g/mol. The Hall–Kier alpha value is -0.640. The monoisotopic (exact) mass is 230 g/mol. The first-order valence-corrected chi connectivity index (χ1v) is 5.34. The van der Waals surface area contributed by atoms with Gasteiger partial charge in [-0.25, -0.2) is 4.39 Å². The van der Waals surface area contributed by atoms with E-state index in [0.29, 0.717) is 18.1 Å². The Kier molecular flexibility index (Phi) is 5.02. The SMILES string of the molecule is CN(CCCN)Cc1cc(F)ccc1Cl. The zero-order valence-corrected chi connectivity index (χ0v) is 9.60. The Morgan fingerprint density at radius 3 is 2.87 bits per heavy atom. The minimum absolute atomic E-state index is 0.248. The van der Waals surface area contributed by atoms with Crippen LogP contribution in [0.4, 0.5) is 4.39 Å². The molecule has 0 saturated heterocycles. The van der Waals surface area contributed by atoms with E-state index in [-0.39, 0.29) is 5.82 Å². The van der Waals surface area contributed by atoms with Gasteiger partial charge in [-0.15, -0.1) is 0 Å². The standard InChI is InChI=1S/C11H16ClFN2/c1-15(6-2-5-14)8-9-7-10(13)3-4-11(9)12/h3-4,7H,2,5-6,8,14H2,1H3. The largest absolute Gasteiger partial charge is 0.330 e. The average Bonchev–Trinajstić information content (AvgIpc) is 2.20. The highest BCUT2D eigenvalue weighted by Crippen LogP contribution is 2.18. The molecule has 0 amide bonds. The number of hydrogen-bond donors (Lipinski definition) is 1. The second-order valence-electron chi connectivity index (χ2n) is 3.62. The molecule has 0 radical (unpaired) electrons. The lowest BCUT2D eigenvalue weighted by Crippen LogP contribution is -2.21. The molecule has 0 aromatic heterocycles. The molecule has 1 rings (SSSR count). The van der Waals surface area contributed by atoms with Crippen LogP contribution >= 0.6 is 11.6 Å². The van der Waals surface area contributed by atoms with Gasteiger partial charge in [0.2, 0.25) is 0 Å². The normalized spacial score (nSPS) is 11.0. The third-order valence-corrected chi connectivity index (χ3v) is 2.56. The van der Waals surface area contributed by atoms with E-state index in [9.17, 15) is 4.39 Å². The maximum Gasteiger partial charge on any atom is 0.123 e. The van der Waals surface area contributed by atoms with Gasteiger partial charge in [0.15, 0.2) is 0 Å². The van der Waals surface area contributed by atoms with E-state index in [1.54, 1.807) is 6.07 Å². The van der Waals surface area contributed by atoms with Gasteiger partial charge < -0.3 is 10.6 Å². The summed E-state index contributed by atoms with van der Waals surface area (Å²) in [7, 11) is 1.97. The lowest BCUT2D eigenvalue weighted by Gasteiger charge is -2.16. The van der Waals surface area contributed by atoms with Crippen molar-refractivity contribution in [3.63, 3.8) is 0 Å². The van der Waals surface area contributed by atoms with Crippen molar-refractivity contribution in [2.45, 2.75) is 13.0 Å². The number of rotatable bonds is 5. The fraction of sp³-hybridized carbons (Fsp3) is 0.455. The fourth-order valence-corrected chi connectivity index (χ4v) is 1.57. The summed E-state index contributed by atoms with van der Waals surface area (Å²) in [5.74, 6) is -0.248. The number of benzene rings is 1. The zero-order chi connectivity index (χ0) is 11.3. The van der Waals surface area contributed by atoms with Crippen molar-refractivity contribution < 1.29 is 4.39 Å². The molecule has 1 aromatic rings. The van der Waals surface area contributed by atoms with Crippen molar-refractivity contribution >= 4 is 11.6 Å². The molecule has 0 unspecified atom stereocenters. The van der Waals surface area contributed by atoms with Crippen LogP contribution in [0, 0.1) is 5.82 Å². The minimum atomic E-state index is -0.248. The number of nitrogens with zero attached hydrogens (tertiary/aromatic N) is 1. The van der Waals surface area contributed by atoms with Crippen molar-refractivity contribution in [2.24, 2.45) is 5.73 Å². The van der Waals surface area contributed by atoms with Gasteiger partial charge in [-0.3, -0.25) is 0 Å². The molecule has 1 aromatic carbocycles. The molecule has 0 spiro atoms. The van der Waals surface area contributed by atoms with E-state index < -0.39 is 0 Å². The summed E-state index contributed by atoms with van der Waals surface area (Å²) in [6.07, 6.45) is 0.934. The Morgan fingerprint density at radius 2 is 2.20 bits per heavy atom. The molecule has 2 nitrogen and oxygen atoms in total. The Balaban J connectivity index is 2.59. The van der Waals surface area contributed by atoms with Gasteiger partial charge in [0, 0.05) is 11.6 Å². The third kappa shape index (κ3) is 4.16. The van der Waals surface area contributed by atoms with Gasteiger partial charge >= 0.3 is 0 Å². The molecule has 0 aliphatic heterocycles. The van der Waals surface area contributed by atoms with Crippen LogP contribution in [0.2, 0.25) is 5.02 Å². The molecule has 0 atom stereocenters. The van der Waals surface area contributed by atoms with Gasteiger partial charge in [-0.05, 0) is 50.3 Å². The summed E-state index contributed by atoms with van der Waals surface area (Å²) in [5, 5.41) is 0.607. The van der Waals surface area contributed by atoms with E-state index >= 15 is 0 Å². The van der Waals surface area contributed by atoms with Crippen LogP contribution in [0.5, 0.6) is 0 Å². The second kappa shape index (κ2) is 6.05. The second-order valence-corrected chi connectivity index (χ2v) is 4.02. The number of nitrogens with two attached hydrogens (primary N) is 1. The molecule has 15 heavy (non-hydrogen) atoms. The van der Waals surface area contributed by atoms with Crippen LogP contribution in [-0.4, -0.2) is 25.0 Å². The number of hydrogen-bond acceptors (Lipinski definition) is 2. The highest BCUT2D eigenvalue weighted by atomic mass is 35.5. The quantitative estimate of drug-likeness (QED) is 0.841. The summed E-state index contributed by atoms with van der Waals surface area (Å²) < 4.78 is 13.0. The summed E-state index contributed by atoms with van der Waals surface area (Å²) in [6.45, 7) is 2.21. The highest BCUT2D eigenvalue weighted by Gasteiger charge is 2.05. The van der Waals surface area contributed by atoms with Crippen LogP contribution in [-0.2, 0) is 6.54 Å². The zero-order valence-electron chi connectivity index (χ0n) is 8.84. The Bertz CT molecular complexity index is 317. The maximum absolute atomic E-state index is 13.0. The summed E-state index contributed by atoms with van der Waals surface area (Å²) >= 11 is 5.96. The van der Waals surface area contributed by atoms with E-state index in [4.69, 9.17) is 17.3 Å². The van der Waals surface area contributed by atoms with Gasteiger partial charge in [0.05, 0.1) is 0 Å². The van der Waals surface area contributed by atoms with Crippen molar-refractivity contribution in [3.05, 3.63) is 34.6 Å². The molecule has 84 valence electrons. The van der Waals surface area contributed by atoms with E-state index in [0.717, 1.165) is 18.5 Å². The van der Waals surface area contributed by atoms with Crippen molar-refractivity contribution in [3.8, 4) is 0 Å². The van der Waals surface area contributed by atoms with Crippen LogP contribution in [0.15, 0.2) is 18.2 Å². The van der Waals surface area contributed by atoms with E-state index in [2.05, 4.69) is 4.90 Å². The van der Waals surface area contributed by atoms with Crippen molar-refractivity contribution in [2.75, 3.05) is 20.1 Å². The highest BCUT2D eigenvalue weighted by molar-refractivity contribution is 6.31. The molecule has 4 heteroatoms. The topological polar surface area (TPSA) is 29.3 Å². The van der Waals surface area contributed by atoms with Gasteiger partial charge in [-0.2, -0.15) is 0 Å². The fourth-order valence-electron chi connectivity index (χ4n) is 1.40. The molecule has 0 bridgehead atoms. The molecule has 0 saturated carbocycles. The first-order valence-electron chi connectivity index (χ1n) is 4.96. The van der Waals surface area contributed by atoms with E-state index in [1.165, 1.54) is 12.1 Å². The summed E-state index contributed by atoms with van der Waals surface area (Å²) in [6, 6.07) is 4.43. The predicted molar refractivity (Wildman–Crippen MR) is 61.4 cm³/mol. The molecule has 0 aliphatic rings. The number of halogens is 2. The third-order valence-electron chi connectivity index (χ3n) is 2.19. The minimum Gasteiger partial charge on any atom is -0.330 e. The molecular formula is C11H16ClFN2. The first kappa shape index (κ1) is 12.4. The smallest absolute Gasteiger partial charge is 0.123 e. The summed E-state index contributed by atoms with van der Waals surface area (Å²) in [5.41, 5.74) is 6.23. The van der Waals surface area contributed by atoms with Crippen LogP contribution in [0.1, 0.15) is 12.0 Å². The van der Waals surface area contributed by atoms with Crippen molar-refractivity contribution in [1.82, 2.24) is 4.90 Å². The molecule has 0 fully saturated rings. The Morgan fingerprint density at radius 1 is 1.47 bits per heavy atom. The van der Waals surface area contributed by atoms with Crippen LogP contribution < -0.4 is 5.73 Å². The summed E-state index contributed by atoms with van der Waals surface area (Å²) in [4.78, 5) is 2.08. The van der Waals surface area contributed by atoms with Crippen LogP contribution in [0.3, 0.4) is 0 Å². The van der Waals surface area contributed by atoms with Gasteiger partial charge in [0.1, 0.15) is 5.82 Å². The Labute approximate surface area is 94.8 Å². The first-order chi connectivity index (χ1) is 7.13. The molecule has 0 heterocycles. The lowest BCUT2D eigenvalue weighted by atomic mass is 10.2. The molecule has 2 N–H and O–H groups in total. The van der Waals surface area contributed by atoms with Crippen LogP contribution in [0.25, 0.3) is 0 Å². The van der Waals surface area contributed by atoms with Gasteiger partial charge in [0.25, 0.3) is 0 Å². The van der Waals surface area contributed by atoms with E-state index in [1.807, 2.05) is 7.05 Å². The lowest BCUT2D eigenvalue weighted by molar-refractivity contribution is 0.323. The molecule has 0 aliphatic carbocycles. The van der Waals surface area contributed by atoms with Gasteiger partial charge in [-0.1, -0.05) is 11.6 Å². The maximum atomic E-state index is 13.0.